The lowest BCUT2D eigenvalue weighted by atomic mass is 10.1. The Labute approximate surface area is 92.6 Å². The maximum Gasteiger partial charge on any atom is 0.390 e. The molecule has 1 atom stereocenters. The second-order valence-corrected chi connectivity index (χ2v) is 4.99. The third-order valence-electron chi connectivity index (χ3n) is 1.53. The zero-order valence-corrected chi connectivity index (χ0v) is 9.07. The Kier molecular flexibility index (Phi) is 3.69. The molecule has 0 aliphatic carbocycles. The Hall–Kier alpha value is 0.0300. The van der Waals surface area contributed by atoms with Crippen molar-refractivity contribution < 1.29 is 13.2 Å². The molecule has 0 spiro atoms. The van der Waals surface area contributed by atoms with Crippen LogP contribution in [0.15, 0.2) is 6.07 Å². The lowest BCUT2D eigenvalue weighted by Gasteiger charge is -2.12. The molecule has 1 nitrogen and oxygen atoms in total. The van der Waals surface area contributed by atoms with Crippen molar-refractivity contribution in [3.8, 4) is 0 Å². The Morgan fingerprint density at radius 1 is 1.43 bits per heavy atom. The van der Waals surface area contributed by atoms with Crippen LogP contribution in [-0.2, 0) is 0 Å². The third-order valence-corrected chi connectivity index (χ3v) is 3.05. The largest absolute Gasteiger partial charge is 0.390 e. The van der Waals surface area contributed by atoms with E-state index in [1.807, 2.05) is 0 Å². The molecule has 0 aromatic carbocycles. The van der Waals surface area contributed by atoms with E-state index in [1.165, 1.54) is 6.07 Å². The van der Waals surface area contributed by atoms with Crippen LogP contribution in [-0.4, -0.2) is 6.18 Å². The summed E-state index contributed by atoms with van der Waals surface area (Å²) >= 11 is 12.2. The number of thiophene rings is 1. The molecule has 0 bridgehead atoms. The highest BCUT2D eigenvalue weighted by Gasteiger charge is 2.32. The van der Waals surface area contributed by atoms with Gasteiger partial charge in [0.1, 0.15) is 0 Å². The molecule has 0 radical (unpaired) electrons. The molecular weight excluding hydrogens is 258 g/mol. The van der Waals surface area contributed by atoms with Gasteiger partial charge >= 0.3 is 6.18 Å². The van der Waals surface area contributed by atoms with Crippen molar-refractivity contribution in [2.45, 2.75) is 18.6 Å². The Morgan fingerprint density at radius 2 is 2.00 bits per heavy atom. The molecule has 1 rings (SSSR count). The van der Waals surface area contributed by atoms with Crippen LogP contribution in [0.4, 0.5) is 13.2 Å². The van der Waals surface area contributed by atoms with Gasteiger partial charge in [-0.25, -0.2) is 0 Å². The molecule has 0 aliphatic rings. The number of nitrogens with two attached hydrogens (primary N) is 1. The van der Waals surface area contributed by atoms with Crippen LogP contribution >= 0.6 is 34.5 Å². The van der Waals surface area contributed by atoms with Crippen LogP contribution in [0.1, 0.15) is 18.0 Å². The van der Waals surface area contributed by atoms with Gasteiger partial charge in [-0.3, -0.25) is 0 Å². The minimum absolute atomic E-state index is 0.215. The summed E-state index contributed by atoms with van der Waals surface area (Å²) in [4.78, 5) is 0. The van der Waals surface area contributed by atoms with Gasteiger partial charge in [0.05, 0.1) is 15.1 Å². The average Bonchev–Trinajstić information content (AvgIpc) is 2.26. The van der Waals surface area contributed by atoms with Crippen LogP contribution in [0.3, 0.4) is 0 Å². The quantitative estimate of drug-likeness (QED) is 0.858. The van der Waals surface area contributed by atoms with Crippen molar-refractivity contribution in [3.63, 3.8) is 0 Å². The second-order valence-electron chi connectivity index (χ2n) is 2.71. The van der Waals surface area contributed by atoms with E-state index in [4.69, 9.17) is 28.9 Å². The van der Waals surface area contributed by atoms with E-state index in [9.17, 15) is 13.2 Å². The van der Waals surface area contributed by atoms with E-state index in [0.717, 1.165) is 11.3 Å². The summed E-state index contributed by atoms with van der Waals surface area (Å²) in [6, 6.07) is 0.219. The first-order valence-corrected chi connectivity index (χ1v) is 5.14. The summed E-state index contributed by atoms with van der Waals surface area (Å²) in [6.45, 7) is 0. The molecule has 14 heavy (non-hydrogen) atoms. The van der Waals surface area contributed by atoms with Crippen LogP contribution in [0, 0.1) is 0 Å². The van der Waals surface area contributed by atoms with Crippen LogP contribution in [0.25, 0.3) is 0 Å². The highest BCUT2D eigenvalue weighted by Crippen LogP contribution is 2.37. The highest BCUT2D eigenvalue weighted by atomic mass is 35.5. The molecule has 0 aliphatic heterocycles. The molecule has 2 N–H and O–H groups in total. The van der Waals surface area contributed by atoms with Crippen molar-refractivity contribution in [1.82, 2.24) is 0 Å². The van der Waals surface area contributed by atoms with Crippen molar-refractivity contribution in [3.05, 3.63) is 20.3 Å². The first kappa shape index (κ1) is 12.1. The molecule has 7 heteroatoms. The summed E-state index contributed by atoms with van der Waals surface area (Å²) in [6.07, 6.45) is -5.39. The molecular formula is C7H6Cl2F3NS. The van der Waals surface area contributed by atoms with Crippen LogP contribution < -0.4 is 5.73 Å². The maximum atomic E-state index is 12.0. The summed E-state index contributed by atoms with van der Waals surface area (Å²) in [5.41, 5.74) is 5.59. The van der Waals surface area contributed by atoms with Crippen molar-refractivity contribution in [1.29, 1.82) is 0 Å². The predicted molar refractivity (Wildman–Crippen MR) is 51.9 cm³/mol. The van der Waals surface area contributed by atoms with Crippen molar-refractivity contribution >= 4 is 34.5 Å². The van der Waals surface area contributed by atoms with Crippen LogP contribution in [0.5, 0.6) is 0 Å². The zero-order valence-electron chi connectivity index (χ0n) is 6.74. The molecule has 1 heterocycles. The Bertz CT molecular complexity index is 323. The van der Waals surface area contributed by atoms with E-state index in [1.54, 1.807) is 0 Å². The average molecular weight is 264 g/mol. The maximum absolute atomic E-state index is 12.0. The van der Waals surface area contributed by atoms with E-state index in [0.29, 0.717) is 4.34 Å². The van der Waals surface area contributed by atoms with Gasteiger partial charge in [0.15, 0.2) is 0 Å². The lowest BCUT2D eigenvalue weighted by Crippen LogP contribution is -2.19. The fraction of sp³-hybridized carbons (Fsp3) is 0.429. The number of hydrogen-bond acceptors (Lipinski definition) is 2. The molecule has 1 unspecified atom stereocenters. The molecule has 0 amide bonds. The van der Waals surface area contributed by atoms with Gasteiger partial charge in [-0.1, -0.05) is 23.2 Å². The van der Waals surface area contributed by atoms with Gasteiger partial charge < -0.3 is 5.73 Å². The topological polar surface area (TPSA) is 26.0 Å². The lowest BCUT2D eigenvalue weighted by molar-refractivity contribution is -0.138. The summed E-state index contributed by atoms with van der Waals surface area (Å²) in [5.74, 6) is 0. The second kappa shape index (κ2) is 4.26. The van der Waals surface area contributed by atoms with Crippen LogP contribution in [0.2, 0.25) is 8.67 Å². The summed E-state index contributed by atoms with van der Waals surface area (Å²) < 4.78 is 36.5. The molecule has 1 aromatic heterocycles. The minimum atomic E-state index is -4.29. The predicted octanol–water partition coefficient (Wildman–Crippen LogP) is 4.01. The third kappa shape index (κ3) is 3.31. The number of alkyl halides is 3. The zero-order chi connectivity index (χ0) is 10.9. The van der Waals surface area contributed by atoms with Gasteiger partial charge in [0.25, 0.3) is 0 Å². The molecule has 0 fully saturated rings. The first-order chi connectivity index (χ1) is 6.29. The number of hydrogen-bond donors (Lipinski definition) is 1. The van der Waals surface area contributed by atoms with E-state index in [-0.39, 0.29) is 9.90 Å². The fourth-order valence-electron chi connectivity index (χ4n) is 0.965. The van der Waals surface area contributed by atoms with Gasteiger partial charge in [-0.2, -0.15) is 13.2 Å². The normalized spacial score (nSPS) is 14.4. The summed E-state index contributed by atoms with van der Waals surface area (Å²) in [7, 11) is 0. The van der Waals surface area contributed by atoms with E-state index >= 15 is 0 Å². The molecule has 0 saturated heterocycles. The van der Waals surface area contributed by atoms with E-state index in [2.05, 4.69) is 0 Å². The number of rotatable bonds is 2. The standard InChI is InChI=1S/C7H6Cl2F3NS/c8-5-1-3(6(9)14-5)4(13)2-7(10,11)12/h1,4H,2,13H2. The summed E-state index contributed by atoms with van der Waals surface area (Å²) in [5, 5.41) is 0. The van der Waals surface area contributed by atoms with Gasteiger partial charge in [-0.15, -0.1) is 11.3 Å². The van der Waals surface area contributed by atoms with Crippen molar-refractivity contribution in [2.75, 3.05) is 0 Å². The van der Waals surface area contributed by atoms with Gasteiger partial charge in [0, 0.05) is 11.6 Å². The Balaban J connectivity index is 2.79. The van der Waals surface area contributed by atoms with Crippen molar-refractivity contribution in [2.24, 2.45) is 5.73 Å². The SMILES string of the molecule is NC(CC(F)(F)F)c1cc(Cl)sc1Cl. The molecule has 1 aromatic rings. The molecule has 80 valence electrons. The monoisotopic (exact) mass is 263 g/mol. The van der Waals surface area contributed by atoms with Gasteiger partial charge in [0.2, 0.25) is 0 Å². The number of halogens is 5. The fourth-order valence-corrected chi connectivity index (χ4v) is 2.56. The first-order valence-electron chi connectivity index (χ1n) is 3.56. The molecule has 0 saturated carbocycles. The highest BCUT2D eigenvalue weighted by molar-refractivity contribution is 7.20. The smallest absolute Gasteiger partial charge is 0.324 e. The van der Waals surface area contributed by atoms with Gasteiger partial charge in [-0.05, 0) is 6.07 Å². The minimum Gasteiger partial charge on any atom is -0.324 e. The van der Waals surface area contributed by atoms with E-state index < -0.39 is 18.6 Å². The Morgan fingerprint density at radius 3 is 2.36 bits per heavy atom.